The number of sulfonamides is 1. The van der Waals surface area contributed by atoms with Crippen LogP contribution in [0.15, 0.2) is 47.5 Å². The maximum Gasteiger partial charge on any atom is 0.250 e. The lowest BCUT2D eigenvalue weighted by molar-refractivity contribution is -0.139. The van der Waals surface area contributed by atoms with Crippen molar-refractivity contribution in [2.24, 2.45) is 5.73 Å². The number of aliphatic hydroxyl groups is 1. The lowest BCUT2D eigenvalue weighted by Crippen LogP contribution is -2.56. The van der Waals surface area contributed by atoms with Gasteiger partial charge in [-0.2, -0.15) is 4.72 Å². The Balaban J connectivity index is 1.89. The molecule has 1 fully saturated rings. The van der Waals surface area contributed by atoms with E-state index in [0.717, 1.165) is 0 Å². The van der Waals surface area contributed by atoms with Gasteiger partial charge >= 0.3 is 0 Å². The number of nitrogens with two attached hydrogens (primary N) is 1. The Labute approximate surface area is 175 Å². The molecule has 30 heavy (non-hydrogen) atoms. The van der Waals surface area contributed by atoms with Gasteiger partial charge in [-0.1, -0.05) is 18.2 Å². The minimum absolute atomic E-state index is 0.0706. The molecule has 1 saturated heterocycles. The van der Waals surface area contributed by atoms with Gasteiger partial charge in [0.05, 0.1) is 16.7 Å². The molecule has 0 saturated carbocycles. The van der Waals surface area contributed by atoms with E-state index in [9.17, 15) is 23.1 Å². The Kier molecular flexibility index (Phi) is 6.49. The molecular weight excluding hydrogens is 408 g/mol. The summed E-state index contributed by atoms with van der Waals surface area (Å²) in [6, 6.07) is 8.27. The van der Waals surface area contributed by atoms with Crippen LogP contribution in [0.4, 0.5) is 0 Å². The molecule has 1 aliphatic heterocycles. The van der Waals surface area contributed by atoms with Gasteiger partial charge in [0.15, 0.2) is 6.04 Å². The lowest BCUT2D eigenvalue weighted by Gasteiger charge is -2.31. The van der Waals surface area contributed by atoms with Gasteiger partial charge in [0.2, 0.25) is 21.8 Å². The Morgan fingerprint density at radius 2 is 1.90 bits per heavy atom. The first-order valence-electron chi connectivity index (χ1n) is 9.50. The second kappa shape index (κ2) is 8.90. The van der Waals surface area contributed by atoms with E-state index in [1.54, 1.807) is 43.5 Å². The largest absolute Gasteiger partial charge is 0.393 e. The Morgan fingerprint density at radius 1 is 1.20 bits per heavy atom. The smallest absolute Gasteiger partial charge is 0.250 e. The Hall–Kier alpha value is -2.82. The highest BCUT2D eigenvalue weighted by Gasteiger charge is 2.35. The third kappa shape index (κ3) is 4.66. The number of nitrogens with one attached hydrogen (secondary N) is 1. The molecule has 160 valence electrons. The minimum Gasteiger partial charge on any atom is -0.393 e. The number of aromatic nitrogens is 1. The molecule has 0 aliphatic carbocycles. The first kappa shape index (κ1) is 21.9. The van der Waals surface area contributed by atoms with Crippen LogP contribution in [0.1, 0.15) is 18.4 Å². The zero-order valence-electron chi connectivity index (χ0n) is 16.5. The SMILES string of the molecule is Cc1c(-c2ccccn2)cccc1S(=O)(=O)N[C@@H](C(N)=O)C(=O)N1CCC(O)CC1. The van der Waals surface area contributed by atoms with E-state index in [0.29, 0.717) is 29.7 Å². The van der Waals surface area contributed by atoms with Gasteiger partial charge in [0.1, 0.15) is 0 Å². The molecule has 1 aliphatic rings. The van der Waals surface area contributed by atoms with Gasteiger partial charge in [-0.25, -0.2) is 8.42 Å². The number of likely N-dealkylation sites (tertiary alicyclic amines) is 1. The van der Waals surface area contributed by atoms with Crippen molar-refractivity contribution in [2.45, 2.75) is 36.8 Å². The van der Waals surface area contributed by atoms with Crippen molar-refractivity contribution in [3.63, 3.8) is 0 Å². The second-order valence-electron chi connectivity index (χ2n) is 7.16. The van der Waals surface area contributed by atoms with Crippen LogP contribution in [0.2, 0.25) is 0 Å². The molecule has 0 bridgehead atoms. The molecule has 0 spiro atoms. The van der Waals surface area contributed by atoms with Gasteiger partial charge in [0, 0.05) is 24.8 Å². The number of nitrogens with zero attached hydrogens (tertiary/aromatic N) is 2. The summed E-state index contributed by atoms with van der Waals surface area (Å²) in [4.78, 5) is 30.2. The summed E-state index contributed by atoms with van der Waals surface area (Å²) in [5.41, 5.74) is 6.99. The van der Waals surface area contributed by atoms with Crippen molar-refractivity contribution < 1.29 is 23.1 Å². The number of rotatable bonds is 6. The molecule has 1 atom stereocenters. The highest BCUT2D eigenvalue weighted by atomic mass is 32.2. The van der Waals surface area contributed by atoms with Crippen LogP contribution in [0, 0.1) is 6.92 Å². The predicted octanol–water partition coefficient (Wildman–Crippen LogP) is 0.173. The predicted molar refractivity (Wildman–Crippen MR) is 110 cm³/mol. The van der Waals surface area contributed by atoms with Gasteiger partial charge in [0.25, 0.3) is 0 Å². The van der Waals surface area contributed by atoms with E-state index in [2.05, 4.69) is 9.71 Å². The fourth-order valence-corrected chi connectivity index (χ4v) is 4.85. The van der Waals surface area contributed by atoms with Gasteiger partial charge < -0.3 is 15.7 Å². The van der Waals surface area contributed by atoms with Crippen LogP contribution >= 0.6 is 0 Å². The summed E-state index contributed by atoms with van der Waals surface area (Å²) in [7, 11) is -4.24. The van der Waals surface area contributed by atoms with Crippen molar-refractivity contribution >= 4 is 21.8 Å². The number of primary amides is 1. The molecule has 2 amide bonds. The van der Waals surface area contributed by atoms with Crippen molar-refractivity contribution in [3.8, 4) is 11.3 Å². The quantitative estimate of drug-likeness (QED) is 0.556. The zero-order chi connectivity index (χ0) is 21.9. The standard InChI is InChI=1S/C20H24N4O5S/c1-13-15(16-6-2-3-10-22-16)5-4-7-17(13)30(28,29)23-18(19(21)26)20(27)24-11-8-14(25)9-12-24/h2-7,10,14,18,23,25H,8-9,11-12H2,1H3,(H2,21,26)/t18-/m0/s1. The third-order valence-electron chi connectivity index (χ3n) is 5.10. The highest BCUT2D eigenvalue weighted by Crippen LogP contribution is 2.26. The van der Waals surface area contributed by atoms with Crippen molar-refractivity contribution in [2.75, 3.05) is 13.1 Å². The van der Waals surface area contributed by atoms with E-state index < -0.39 is 34.0 Å². The molecule has 0 radical (unpaired) electrons. The van der Waals surface area contributed by atoms with Crippen LogP contribution in [0.3, 0.4) is 0 Å². The number of carbonyl (C=O) groups excluding carboxylic acids is 2. The lowest BCUT2D eigenvalue weighted by atomic mass is 10.1. The van der Waals surface area contributed by atoms with E-state index >= 15 is 0 Å². The summed E-state index contributed by atoms with van der Waals surface area (Å²) in [5, 5.41) is 9.60. The molecule has 4 N–H and O–H groups in total. The van der Waals surface area contributed by atoms with Crippen LogP contribution in [-0.4, -0.2) is 60.5 Å². The molecule has 0 unspecified atom stereocenters. The Morgan fingerprint density at radius 3 is 2.50 bits per heavy atom. The first-order valence-corrected chi connectivity index (χ1v) is 11.0. The number of amides is 2. The molecular formula is C20H24N4O5S. The molecule has 9 nitrogen and oxygen atoms in total. The summed E-state index contributed by atoms with van der Waals surface area (Å²) >= 11 is 0. The van der Waals surface area contributed by atoms with Crippen LogP contribution < -0.4 is 10.5 Å². The second-order valence-corrected chi connectivity index (χ2v) is 8.84. The number of carbonyl (C=O) groups is 2. The van der Waals surface area contributed by atoms with E-state index in [-0.39, 0.29) is 18.0 Å². The molecule has 3 rings (SSSR count). The highest BCUT2D eigenvalue weighted by molar-refractivity contribution is 7.89. The topological polar surface area (TPSA) is 143 Å². The molecule has 1 aromatic heterocycles. The van der Waals surface area contributed by atoms with Gasteiger partial charge in [-0.3, -0.25) is 14.6 Å². The van der Waals surface area contributed by atoms with Gasteiger partial charge in [-0.15, -0.1) is 0 Å². The summed E-state index contributed by atoms with van der Waals surface area (Å²) < 4.78 is 28.2. The average Bonchev–Trinajstić information content (AvgIpc) is 2.72. The zero-order valence-corrected chi connectivity index (χ0v) is 17.3. The average molecular weight is 433 g/mol. The minimum atomic E-state index is -4.24. The maximum atomic E-state index is 13.0. The normalized spacial score (nSPS) is 16.3. The summed E-state index contributed by atoms with van der Waals surface area (Å²) in [5.74, 6) is -1.82. The van der Waals surface area contributed by atoms with Crippen molar-refractivity contribution in [1.29, 1.82) is 0 Å². The van der Waals surface area contributed by atoms with Crippen LogP contribution in [-0.2, 0) is 19.6 Å². The van der Waals surface area contributed by atoms with E-state index in [1.165, 1.54) is 11.0 Å². The van der Waals surface area contributed by atoms with Crippen LogP contribution in [0.25, 0.3) is 11.3 Å². The van der Waals surface area contributed by atoms with Crippen molar-refractivity contribution in [1.82, 2.24) is 14.6 Å². The molecule has 2 heterocycles. The molecule has 10 heteroatoms. The first-order chi connectivity index (χ1) is 14.2. The molecule has 2 aromatic rings. The fraction of sp³-hybridized carbons (Fsp3) is 0.350. The monoisotopic (exact) mass is 432 g/mol. The third-order valence-corrected chi connectivity index (χ3v) is 6.66. The number of aliphatic hydroxyl groups excluding tert-OH is 1. The summed E-state index contributed by atoms with van der Waals surface area (Å²) in [6.45, 7) is 2.07. The number of piperidine rings is 1. The number of hydrogen-bond donors (Lipinski definition) is 3. The maximum absolute atomic E-state index is 13.0. The Bertz CT molecular complexity index is 1030. The molecule has 1 aromatic carbocycles. The fourth-order valence-electron chi connectivity index (χ4n) is 3.42. The van der Waals surface area contributed by atoms with E-state index in [1.807, 2.05) is 0 Å². The number of benzene rings is 1. The number of hydrogen-bond acceptors (Lipinski definition) is 6. The summed E-state index contributed by atoms with van der Waals surface area (Å²) in [6.07, 6.45) is 1.80. The van der Waals surface area contributed by atoms with Crippen LogP contribution in [0.5, 0.6) is 0 Å². The van der Waals surface area contributed by atoms with Crippen molar-refractivity contribution in [3.05, 3.63) is 48.2 Å². The van der Waals surface area contributed by atoms with Gasteiger partial charge in [-0.05, 0) is 43.5 Å². The van der Waals surface area contributed by atoms with E-state index in [4.69, 9.17) is 5.73 Å². The number of pyridine rings is 1.